The molecule has 2 saturated heterocycles. The van der Waals surface area contributed by atoms with Gasteiger partial charge >= 0.3 is 6.72 Å². The van der Waals surface area contributed by atoms with E-state index < -0.39 is 69.1 Å². The van der Waals surface area contributed by atoms with Crippen molar-refractivity contribution in [2.45, 2.75) is 49.5 Å². The smallest absolute Gasteiger partial charge is 0.325 e. The van der Waals surface area contributed by atoms with E-state index in [0.717, 1.165) is 4.68 Å². The molecule has 0 aliphatic carbocycles. The van der Waals surface area contributed by atoms with Crippen LogP contribution in [0.25, 0.3) is 22.3 Å². The molecular formula is C19H24FN11O9P2S2. The molecule has 0 spiro atoms. The van der Waals surface area contributed by atoms with E-state index >= 15 is 4.39 Å². The Balaban J connectivity index is 1.17. The van der Waals surface area contributed by atoms with Crippen LogP contribution in [0, 0.1) is 0 Å². The Labute approximate surface area is 255 Å². The number of anilines is 2. The van der Waals surface area contributed by atoms with Crippen molar-refractivity contribution in [3.63, 3.8) is 0 Å². The van der Waals surface area contributed by atoms with Crippen LogP contribution in [-0.2, 0) is 46.7 Å². The second-order valence-corrected chi connectivity index (χ2v) is 14.3. The topological polar surface area (TPSA) is 279 Å². The highest BCUT2D eigenvalue weighted by atomic mass is 32.5. The van der Waals surface area contributed by atoms with E-state index in [-0.39, 0.29) is 47.1 Å². The van der Waals surface area contributed by atoms with Gasteiger partial charge in [0.15, 0.2) is 48.4 Å². The largest absolute Gasteiger partial charge is 0.387 e. The Bertz CT molecular complexity index is 1830. The summed E-state index contributed by atoms with van der Waals surface area (Å²) in [5, 5.41) is 18.3. The molecule has 2 aliphatic rings. The number of aliphatic hydroxyl groups excluding tert-OH is 1. The normalized spacial score (nSPS) is 29.4. The lowest BCUT2D eigenvalue weighted by Crippen LogP contribution is -2.31. The summed E-state index contributed by atoms with van der Waals surface area (Å²) in [7, 11) is -2.47. The van der Waals surface area contributed by atoms with Crippen molar-refractivity contribution in [3.8, 4) is 0 Å². The summed E-state index contributed by atoms with van der Waals surface area (Å²) in [5.41, 5.74) is 11.0. The molecule has 6 heterocycles. The van der Waals surface area contributed by atoms with Gasteiger partial charge in [-0.1, -0.05) is 5.21 Å². The van der Waals surface area contributed by atoms with E-state index in [1.165, 1.54) is 17.2 Å². The van der Waals surface area contributed by atoms with Crippen molar-refractivity contribution >= 4 is 71.6 Å². The Morgan fingerprint density at radius 2 is 2.00 bits per heavy atom. The maximum absolute atomic E-state index is 15.2. The van der Waals surface area contributed by atoms with Crippen LogP contribution in [0.3, 0.4) is 0 Å². The van der Waals surface area contributed by atoms with Crippen LogP contribution in [0.15, 0.2) is 17.4 Å². The third kappa shape index (κ3) is 6.10. The molecular weight excluding hydrogens is 671 g/mol. The number of imidazole rings is 1. The summed E-state index contributed by atoms with van der Waals surface area (Å²) < 4.78 is 45.5. The lowest BCUT2D eigenvalue weighted by atomic mass is 10.1. The number of rotatable bonds is 10. The van der Waals surface area contributed by atoms with E-state index in [1.807, 2.05) is 0 Å². The quantitative estimate of drug-likeness (QED) is 0.103. The molecule has 2 aliphatic heterocycles. The van der Waals surface area contributed by atoms with Gasteiger partial charge in [-0.2, -0.15) is 9.67 Å². The molecule has 4 aromatic heterocycles. The molecule has 2 unspecified atom stereocenters. The van der Waals surface area contributed by atoms with Crippen molar-refractivity contribution in [3.05, 3.63) is 23.0 Å². The molecule has 6 rings (SSSR count). The number of ether oxygens (including phenoxy) is 2. The number of fused-ring (bicyclic) bond motifs is 2. The van der Waals surface area contributed by atoms with E-state index in [2.05, 4.69) is 35.2 Å². The standard InChI is InChI=1S/C19H24FN11O9P2S2/c20-9-12(32)8(39-18(9)30-5-25-10-13(21)23-4-24-14(10)30)3-37-42(35,44)40-7-1-6(2-36-41(34)43)38-17(7)31-15-11(28-29-31)16(33)27-19(22)26-15/h4-9,12,17-18,32,41H,1-3H2,(H,34,43)(H,35,44)(H2,21,23,24)(H3,22,26,27,33)/t6-,7+,8+,9-,12+,17+,18+,42?/m0/s1. The van der Waals surface area contributed by atoms with Crippen molar-refractivity contribution in [2.75, 3.05) is 24.7 Å². The van der Waals surface area contributed by atoms with Crippen LogP contribution >= 0.6 is 13.9 Å². The Hall–Kier alpha value is -2.66. The minimum atomic E-state index is -4.14. The number of aromatic amines is 1. The van der Waals surface area contributed by atoms with Gasteiger partial charge in [-0.15, -0.1) is 5.10 Å². The molecule has 0 bridgehead atoms. The van der Waals surface area contributed by atoms with E-state index in [1.54, 1.807) is 0 Å². The van der Waals surface area contributed by atoms with Crippen molar-refractivity contribution in [2.24, 2.45) is 0 Å². The first-order valence-corrected chi connectivity index (χ1v) is 17.7. The van der Waals surface area contributed by atoms with Gasteiger partial charge in [-0.25, -0.2) is 19.3 Å². The zero-order valence-corrected chi connectivity index (χ0v) is 25.5. The van der Waals surface area contributed by atoms with E-state index in [0.29, 0.717) is 0 Å². The molecule has 25 heteroatoms. The summed E-state index contributed by atoms with van der Waals surface area (Å²) in [6.45, 7) is -4.84. The Morgan fingerprint density at radius 1 is 1.20 bits per heavy atom. The predicted octanol–water partition coefficient (Wildman–Crippen LogP) is -1.46. The van der Waals surface area contributed by atoms with Gasteiger partial charge in [0.1, 0.15) is 30.2 Å². The van der Waals surface area contributed by atoms with Crippen LogP contribution in [0.2, 0.25) is 0 Å². The Morgan fingerprint density at radius 3 is 2.77 bits per heavy atom. The average Bonchev–Trinajstić information content (AvgIpc) is 3.73. The first kappa shape index (κ1) is 31.3. The monoisotopic (exact) mass is 695 g/mol. The Kier molecular flexibility index (Phi) is 8.73. The summed E-state index contributed by atoms with van der Waals surface area (Å²) in [4.78, 5) is 51.0. The molecule has 2 fully saturated rings. The predicted molar refractivity (Wildman–Crippen MR) is 155 cm³/mol. The maximum Gasteiger partial charge on any atom is 0.325 e. The highest BCUT2D eigenvalue weighted by Crippen LogP contribution is 2.50. The van der Waals surface area contributed by atoms with Gasteiger partial charge in [0.25, 0.3) is 5.56 Å². The molecule has 0 radical (unpaired) electrons. The highest BCUT2D eigenvalue weighted by Gasteiger charge is 2.47. The summed E-state index contributed by atoms with van der Waals surface area (Å²) in [5.74, 6) is -0.134. The number of aliphatic hydroxyl groups is 1. The maximum atomic E-state index is 15.2. The highest BCUT2D eigenvalue weighted by molar-refractivity contribution is 8.07. The molecule has 0 amide bonds. The summed E-state index contributed by atoms with van der Waals surface area (Å²) in [6.07, 6.45) is -6.77. The van der Waals surface area contributed by atoms with Gasteiger partial charge < -0.3 is 49.4 Å². The molecule has 4 aromatic rings. The molecule has 0 aromatic carbocycles. The number of nitrogens with two attached hydrogens (primary N) is 2. The molecule has 44 heavy (non-hydrogen) atoms. The van der Waals surface area contributed by atoms with Crippen LogP contribution in [0.5, 0.6) is 0 Å². The second kappa shape index (κ2) is 12.3. The van der Waals surface area contributed by atoms with Crippen LogP contribution in [-0.4, -0.2) is 103 Å². The van der Waals surface area contributed by atoms with Gasteiger partial charge in [-0.3, -0.25) is 14.3 Å². The van der Waals surface area contributed by atoms with Crippen molar-refractivity contribution in [1.82, 2.24) is 44.5 Å². The van der Waals surface area contributed by atoms with E-state index in [9.17, 15) is 19.7 Å². The number of nitrogens with zero attached hydrogens (tertiary/aromatic N) is 8. The number of alkyl halides is 1. The SMILES string of the molecule is Nc1nc2c(nnn2[C@@H]2O[C@H](CO[PH](O)=S)C[C@H]2OP(O)(=S)OC[C@H]2O[C@@H](n3cnc4c(N)ncnc43)[C@@H](F)[C@@H]2O)c(=O)[nH]1. The number of nitrogen functional groups attached to an aromatic ring is 2. The van der Waals surface area contributed by atoms with Crippen LogP contribution < -0.4 is 17.0 Å². The fourth-order valence-electron chi connectivity index (χ4n) is 4.82. The summed E-state index contributed by atoms with van der Waals surface area (Å²) >= 11 is 9.92. The van der Waals surface area contributed by atoms with Gasteiger partial charge in [0.05, 0.1) is 25.6 Å². The summed E-state index contributed by atoms with van der Waals surface area (Å²) in [6, 6.07) is 0. The molecule has 238 valence electrons. The first-order chi connectivity index (χ1) is 20.9. The van der Waals surface area contributed by atoms with Crippen molar-refractivity contribution in [1.29, 1.82) is 0 Å². The third-order valence-corrected chi connectivity index (χ3v) is 9.11. The average molecular weight is 696 g/mol. The fourth-order valence-corrected chi connectivity index (χ4v) is 6.79. The van der Waals surface area contributed by atoms with Gasteiger partial charge in [-0.05, 0) is 23.6 Å². The number of nitrogens with one attached hydrogen (secondary N) is 1. The first-order valence-electron chi connectivity index (χ1n) is 12.6. The van der Waals surface area contributed by atoms with Gasteiger partial charge in [0.2, 0.25) is 5.95 Å². The lowest BCUT2D eigenvalue weighted by molar-refractivity contribution is -0.0576. The number of hydrogen-bond donors (Lipinski definition) is 6. The zero-order valence-electron chi connectivity index (χ0n) is 22.0. The minimum Gasteiger partial charge on any atom is -0.387 e. The van der Waals surface area contributed by atoms with Crippen molar-refractivity contribution < 1.29 is 42.3 Å². The van der Waals surface area contributed by atoms with Crippen LogP contribution in [0.1, 0.15) is 18.9 Å². The number of H-pyrrole nitrogens is 1. The number of halogens is 1. The number of hydrogen-bond acceptors (Lipinski definition) is 17. The third-order valence-electron chi connectivity index (χ3n) is 6.76. The molecule has 9 atom stereocenters. The lowest BCUT2D eigenvalue weighted by Gasteiger charge is -2.25. The van der Waals surface area contributed by atoms with E-state index in [4.69, 9.17) is 58.1 Å². The fraction of sp³-hybridized carbons (Fsp3) is 0.526. The molecule has 8 N–H and O–H groups in total. The van der Waals surface area contributed by atoms with Gasteiger partial charge in [0, 0.05) is 6.42 Å². The van der Waals surface area contributed by atoms with Crippen LogP contribution in [0.4, 0.5) is 16.2 Å². The zero-order chi connectivity index (χ0) is 31.3. The minimum absolute atomic E-state index is 0.0351. The second-order valence-electron chi connectivity index (χ2n) is 9.61. The molecule has 20 nitrogen and oxygen atoms in total. The molecule has 0 saturated carbocycles. The number of aromatic nitrogens is 9.